The van der Waals surface area contributed by atoms with E-state index in [2.05, 4.69) is 10.1 Å². The van der Waals surface area contributed by atoms with Crippen molar-refractivity contribution in [3.63, 3.8) is 0 Å². The van der Waals surface area contributed by atoms with Gasteiger partial charge in [0.2, 0.25) is 5.91 Å². The molecular weight excluding hydrogens is 354 g/mol. The molecule has 0 radical (unpaired) electrons. The summed E-state index contributed by atoms with van der Waals surface area (Å²) < 4.78 is 56.6. The van der Waals surface area contributed by atoms with Crippen LogP contribution in [0.2, 0.25) is 0 Å². The fraction of sp³-hybridized carbons (Fsp3) is 0.222. The highest BCUT2D eigenvalue weighted by molar-refractivity contribution is 5.83. The normalized spacial score (nSPS) is 12.3. The summed E-state index contributed by atoms with van der Waals surface area (Å²) in [6.07, 6.45) is -4.61. The molecule has 8 heteroatoms. The van der Waals surface area contributed by atoms with E-state index in [0.717, 1.165) is 0 Å². The highest BCUT2D eigenvalue weighted by Gasteiger charge is 2.31. The van der Waals surface area contributed by atoms with Crippen molar-refractivity contribution in [3.05, 3.63) is 71.0 Å². The Hall–Kier alpha value is -2.90. The number of ether oxygens (including phenoxy) is 1. The predicted octanol–water partition coefficient (Wildman–Crippen LogP) is 3.42. The molecule has 138 valence electrons. The third kappa shape index (κ3) is 5.05. The SMILES string of the molecule is O=COC[C@@H](C(=O)NCc1cc(C(F)(F)F)ccc1F)c1ccccc1. The first-order valence-corrected chi connectivity index (χ1v) is 7.56. The van der Waals surface area contributed by atoms with Crippen LogP contribution < -0.4 is 5.32 Å². The number of carbonyl (C=O) groups is 2. The molecule has 4 nitrogen and oxygen atoms in total. The van der Waals surface area contributed by atoms with Crippen molar-refractivity contribution in [3.8, 4) is 0 Å². The summed E-state index contributed by atoms with van der Waals surface area (Å²) >= 11 is 0. The molecule has 2 aromatic carbocycles. The Bertz CT molecular complexity index is 763. The highest BCUT2D eigenvalue weighted by Crippen LogP contribution is 2.30. The Morgan fingerprint density at radius 1 is 1.15 bits per heavy atom. The van der Waals surface area contributed by atoms with E-state index in [0.29, 0.717) is 23.8 Å². The minimum Gasteiger partial charge on any atom is -0.467 e. The Labute approximate surface area is 146 Å². The molecule has 2 rings (SSSR count). The van der Waals surface area contributed by atoms with Crippen molar-refractivity contribution in [1.29, 1.82) is 0 Å². The molecule has 0 aliphatic heterocycles. The summed E-state index contributed by atoms with van der Waals surface area (Å²) in [7, 11) is 0. The monoisotopic (exact) mass is 369 g/mol. The summed E-state index contributed by atoms with van der Waals surface area (Å²) in [5.74, 6) is -2.33. The molecule has 0 spiro atoms. The van der Waals surface area contributed by atoms with Crippen LogP contribution in [-0.4, -0.2) is 19.0 Å². The molecule has 26 heavy (non-hydrogen) atoms. The fourth-order valence-electron chi connectivity index (χ4n) is 2.34. The second kappa shape index (κ2) is 8.46. The van der Waals surface area contributed by atoms with Crippen LogP contribution in [0.25, 0.3) is 0 Å². The summed E-state index contributed by atoms with van der Waals surface area (Å²) in [6.45, 7) is -0.487. The van der Waals surface area contributed by atoms with Crippen LogP contribution in [-0.2, 0) is 27.0 Å². The Kier molecular flexibility index (Phi) is 6.32. The molecule has 0 bridgehead atoms. The maximum Gasteiger partial charge on any atom is 0.416 e. The van der Waals surface area contributed by atoms with Gasteiger partial charge in [0.25, 0.3) is 6.47 Å². The topological polar surface area (TPSA) is 55.4 Å². The molecule has 0 aliphatic rings. The van der Waals surface area contributed by atoms with Gasteiger partial charge in [0.1, 0.15) is 12.4 Å². The molecule has 0 saturated heterocycles. The van der Waals surface area contributed by atoms with Crippen molar-refractivity contribution >= 4 is 12.4 Å². The second-order valence-corrected chi connectivity index (χ2v) is 5.41. The molecule has 0 fully saturated rings. The quantitative estimate of drug-likeness (QED) is 0.601. The Morgan fingerprint density at radius 2 is 1.85 bits per heavy atom. The van der Waals surface area contributed by atoms with E-state index >= 15 is 0 Å². The minimum absolute atomic E-state index is 0.190. The molecule has 0 aliphatic carbocycles. The van der Waals surface area contributed by atoms with Crippen molar-refractivity contribution < 1.29 is 31.9 Å². The smallest absolute Gasteiger partial charge is 0.416 e. The van der Waals surface area contributed by atoms with E-state index in [4.69, 9.17) is 0 Å². The lowest BCUT2D eigenvalue weighted by Crippen LogP contribution is -2.31. The molecule has 1 atom stereocenters. The van der Waals surface area contributed by atoms with Crippen molar-refractivity contribution in [2.45, 2.75) is 18.6 Å². The zero-order valence-electron chi connectivity index (χ0n) is 13.4. The zero-order valence-corrected chi connectivity index (χ0v) is 13.4. The number of benzene rings is 2. The number of rotatable bonds is 7. The van der Waals surface area contributed by atoms with Gasteiger partial charge in [-0.05, 0) is 23.8 Å². The number of hydrogen-bond donors (Lipinski definition) is 1. The number of nitrogens with one attached hydrogen (secondary N) is 1. The fourth-order valence-corrected chi connectivity index (χ4v) is 2.34. The molecular formula is C18H15F4NO3. The van der Waals surface area contributed by atoms with Crippen LogP contribution in [0.4, 0.5) is 17.6 Å². The lowest BCUT2D eigenvalue weighted by atomic mass is 9.99. The molecule has 1 amide bonds. The summed E-state index contributed by atoms with van der Waals surface area (Å²) in [4.78, 5) is 22.8. The van der Waals surface area contributed by atoms with Gasteiger partial charge in [-0.2, -0.15) is 13.2 Å². The third-order valence-corrected chi connectivity index (χ3v) is 3.68. The summed E-state index contributed by atoms with van der Waals surface area (Å²) in [6, 6.07) is 10.4. The van der Waals surface area contributed by atoms with Crippen molar-refractivity contribution in [1.82, 2.24) is 5.32 Å². The molecule has 0 saturated carbocycles. The number of amides is 1. The largest absolute Gasteiger partial charge is 0.467 e. The van der Waals surface area contributed by atoms with Crippen LogP contribution in [0.1, 0.15) is 22.6 Å². The van der Waals surface area contributed by atoms with Gasteiger partial charge in [-0.3, -0.25) is 9.59 Å². The van der Waals surface area contributed by atoms with Gasteiger partial charge in [-0.25, -0.2) is 4.39 Å². The van der Waals surface area contributed by atoms with Crippen LogP contribution in [0.15, 0.2) is 48.5 Å². The Balaban J connectivity index is 2.14. The van der Waals surface area contributed by atoms with E-state index in [1.54, 1.807) is 30.3 Å². The lowest BCUT2D eigenvalue weighted by molar-refractivity contribution is -0.137. The predicted molar refractivity (Wildman–Crippen MR) is 84.4 cm³/mol. The van der Waals surface area contributed by atoms with E-state index in [9.17, 15) is 27.2 Å². The lowest BCUT2D eigenvalue weighted by Gasteiger charge is -2.17. The van der Waals surface area contributed by atoms with Crippen LogP contribution >= 0.6 is 0 Å². The zero-order chi connectivity index (χ0) is 19.2. The first kappa shape index (κ1) is 19.4. The number of carbonyl (C=O) groups excluding carboxylic acids is 2. The highest BCUT2D eigenvalue weighted by atomic mass is 19.4. The van der Waals surface area contributed by atoms with Crippen molar-refractivity contribution in [2.75, 3.05) is 6.61 Å². The first-order valence-electron chi connectivity index (χ1n) is 7.56. The van der Waals surface area contributed by atoms with Crippen LogP contribution in [0, 0.1) is 5.82 Å². The van der Waals surface area contributed by atoms with Gasteiger partial charge in [0.15, 0.2) is 0 Å². The van der Waals surface area contributed by atoms with E-state index in [-0.39, 0.29) is 18.6 Å². The molecule has 0 unspecified atom stereocenters. The van der Waals surface area contributed by atoms with Gasteiger partial charge in [-0.15, -0.1) is 0 Å². The van der Waals surface area contributed by atoms with Gasteiger partial charge in [0, 0.05) is 12.1 Å². The van der Waals surface area contributed by atoms with E-state index < -0.39 is 35.9 Å². The van der Waals surface area contributed by atoms with E-state index in [1.807, 2.05) is 0 Å². The first-order chi connectivity index (χ1) is 12.3. The minimum atomic E-state index is -4.61. The molecule has 1 N–H and O–H groups in total. The standard InChI is InChI=1S/C18H15F4NO3/c19-16-7-6-14(18(20,21)22)8-13(16)9-23-17(25)15(10-26-11-24)12-4-2-1-3-5-12/h1-8,11,15H,9-10H2,(H,23,25)/t15-/m1/s1. The van der Waals surface area contributed by atoms with Gasteiger partial charge in [0.05, 0.1) is 11.5 Å². The van der Waals surface area contributed by atoms with Gasteiger partial charge in [-0.1, -0.05) is 30.3 Å². The maximum atomic E-state index is 13.7. The van der Waals surface area contributed by atoms with Crippen LogP contribution in [0.5, 0.6) is 0 Å². The third-order valence-electron chi connectivity index (χ3n) is 3.68. The van der Waals surface area contributed by atoms with Gasteiger partial charge >= 0.3 is 6.18 Å². The molecule has 0 heterocycles. The van der Waals surface area contributed by atoms with E-state index in [1.165, 1.54) is 0 Å². The van der Waals surface area contributed by atoms with Crippen molar-refractivity contribution in [2.24, 2.45) is 0 Å². The number of hydrogen-bond acceptors (Lipinski definition) is 3. The van der Waals surface area contributed by atoms with Crippen LogP contribution in [0.3, 0.4) is 0 Å². The second-order valence-electron chi connectivity index (χ2n) is 5.41. The summed E-state index contributed by atoms with van der Waals surface area (Å²) in [5.41, 5.74) is -0.750. The molecule has 2 aromatic rings. The maximum absolute atomic E-state index is 13.7. The average Bonchev–Trinajstić information content (AvgIpc) is 2.61. The number of alkyl halides is 3. The number of halogens is 4. The van der Waals surface area contributed by atoms with Gasteiger partial charge < -0.3 is 10.1 Å². The average molecular weight is 369 g/mol. The summed E-state index contributed by atoms with van der Waals surface area (Å²) in [5, 5.41) is 2.38. The molecule has 0 aromatic heterocycles. The Morgan fingerprint density at radius 3 is 2.46 bits per heavy atom.